The van der Waals surface area contributed by atoms with Gasteiger partial charge in [0.2, 0.25) is 5.96 Å². The number of benzene rings is 1. The Balaban J connectivity index is 3.08. The molecule has 5 nitrogen and oxygen atoms in total. The molecule has 0 unspecified atom stereocenters. The average molecular weight is 277 g/mol. The van der Waals surface area contributed by atoms with Crippen LogP contribution < -0.4 is 16.4 Å². The van der Waals surface area contributed by atoms with E-state index in [-0.39, 0.29) is 11.1 Å². The summed E-state index contributed by atoms with van der Waals surface area (Å²) in [7, 11) is 0. The monoisotopic (exact) mass is 277 g/mol. The van der Waals surface area contributed by atoms with E-state index in [2.05, 4.69) is 10.2 Å². The third-order valence-corrected chi connectivity index (χ3v) is 2.76. The lowest BCUT2D eigenvalue weighted by molar-refractivity contribution is 1.13. The zero-order valence-corrected chi connectivity index (χ0v) is 12.2. The van der Waals surface area contributed by atoms with Crippen molar-refractivity contribution in [2.45, 2.75) is 27.2 Å². The maximum absolute atomic E-state index is 5.89. The number of aryl methyl sites for hydroxylation is 1. The van der Waals surface area contributed by atoms with Crippen LogP contribution in [0.3, 0.4) is 0 Å². The average Bonchev–Trinajstić information content (AvgIpc) is 2.38. The molecule has 0 bridgehead atoms. The largest absolute Gasteiger partial charge is 0.376 e. The van der Waals surface area contributed by atoms with Gasteiger partial charge in [0.05, 0.1) is 5.69 Å². The Hall–Kier alpha value is -1.95. The maximum Gasteiger partial charge on any atom is 0.227 e. The third kappa shape index (κ3) is 4.33. The normalized spacial score (nSPS) is 12.4. The Kier molecular flexibility index (Phi) is 5.44. The van der Waals surface area contributed by atoms with Gasteiger partial charge in [0.1, 0.15) is 0 Å². The Morgan fingerprint density at radius 1 is 1.21 bits per heavy atom. The van der Waals surface area contributed by atoms with Gasteiger partial charge in [-0.15, -0.1) is 5.10 Å². The van der Waals surface area contributed by atoms with Crippen LogP contribution in [0.1, 0.15) is 25.8 Å². The van der Waals surface area contributed by atoms with Crippen molar-refractivity contribution < 1.29 is 0 Å². The molecule has 19 heavy (non-hydrogen) atoms. The van der Waals surface area contributed by atoms with Crippen LogP contribution in [0.5, 0.6) is 0 Å². The van der Waals surface area contributed by atoms with Crippen molar-refractivity contribution in [2.75, 3.05) is 4.90 Å². The molecule has 1 aromatic carbocycles. The third-order valence-electron chi connectivity index (χ3n) is 2.58. The molecule has 0 spiro atoms. The second-order valence-corrected chi connectivity index (χ2v) is 4.57. The van der Waals surface area contributed by atoms with Gasteiger partial charge in [-0.3, -0.25) is 4.90 Å². The van der Waals surface area contributed by atoms with Crippen molar-refractivity contribution in [3.8, 4) is 0 Å². The Labute approximate surface area is 119 Å². The summed E-state index contributed by atoms with van der Waals surface area (Å²) in [6, 6.07) is 7.67. The molecule has 0 amide bonds. The number of guanidine groups is 1. The fourth-order valence-electron chi connectivity index (χ4n) is 1.32. The predicted molar refractivity (Wildman–Crippen MR) is 85.5 cm³/mol. The number of thiocarbonyl (C=S) groups is 1. The standard InChI is InChI=1S/C13H19N5S/c1-4-10(3)16-17-12(14)18(13(15)19)11-7-5-9(2)6-8-11/h5-8H,4H2,1-3H3,(H2,14,17)(H2,15,19)/b16-10+. The van der Waals surface area contributed by atoms with Gasteiger partial charge in [0, 0.05) is 5.71 Å². The molecule has 0 aliphatic carbocycles. The molecule has 0 atom stereocenters. The zero-order chi connectivity index (χ0) is 14.4. The van der Waals surface area contributed by atoms with Crippen LogP contribution in [0.25, 0.3) is 0 Å². The highest BCUT2D eigenvalue weighted by Gasteiger charge is 2.13. The summed E-state index contributed by atoms with van der Waals surface area (Å²) in [5.41, 5.74) is 14.4. The van der Waals surface area contributed by atoms with Crippen LogP contribution in [0.15, 0.2) is 34.5 Å². The number of nitrogens with two attached hydrogens (primary N) is 2. The van der Waals surface area contributed by atoms with E-state index in [0.29, 0.717) is 0 Å². The number of anilines is 1. The van der Waals surface area contributed by atoms with Crippen LogP contribution in [-0.2, 0) is 0 Å². The summed E-state index contributed by atoms with van der Waals surface area (Å²) >= 11 is 5.01. The highest BCUT2D eigenvalue weighted by molar-refractivity contribution is 7.80. The first-order valence-corrected chi connectivity index (χ1v) is 6.39. The van der Waals surface area contributed by atoms with E-state index in [1.807, 2.05) is 45.0 Å². The molecule has 0 aliphatic rings. The number of nitrogens with zero attached hydrogens (tertiary/aromatic N) is 3. The molecule has 0 saturated carbocycles. The van der Waals surface area contributed by atoms with Crippen LogP contribution in [0.2, 0.25) is 0 Å². The van der Waals surface area contributed by atoms with Crippen molar-refractivity contribution in [1.29, 1.82) is 0 Å². The molecule has 0 radical (unpaired) electrons. The van der Waals surface area contributed by atoms with Gasteiger partial charge in [-0.2, -0.15) is 5.10 Å². The smallest absolute Gasteiger partial charge is 0.227 e. The van der Waals surface area contributed by atoms with Gasteiger partial charge >= 0.3 is 0 Å². The van der Waals surface area contributed by atoms with Crippen molar-refractivity contribution in [3.05, 3.63) is 29.8 Å². The molecule has 4 N–H and O–H groups in total. The van der Waals surface area contributed by atoms with Crippen molar-refractivity contribution in [1.82, 2.24) is 0 Å². The van der Waals surface area contributed by atoms with Crippen LogP contribution in [0.4, 0.5) is 5.69 Å². The van der Waals surface area contributed by atoms with E-state index < -0.39 is 0 Å². The summed E-state index contributed by atoms with van der Waals surface area (Å²) in [6.45, 7) is 5.88. The fraction of sp³-hybridized carbons (Fsp3) is 0.308. The lowest BCUT2D eigenvalue weighted by Gasteiger charge is -2.20. The van der Waals surface area contributed by atoms with Crippen molar-refractivity contribution in [3.63, 3.8) is 0 Å². The van der Waals surface area contributed by atoms with Gasteiger partial charge in [0.25, 0.3) is 0 Å². The summed E-state index contributed by atoms with van der Waals surface area (Å²) in [6.07, 6.45) is 0.814. The predicted octanol–water partition coefficient (Wildman–Crippen LogP) is 2.15. The molecule has 102 valence electrons. The van der Waals surface area contributed by atoms with Crippen molar-refractivity contribution >= 4 is 34.7 Å². The topological polar surface area (TPSA) is 80.0 Å². The number of rotatable bonds is 3. The summed E-state index contributed by atoms with van der Waals surface area (Å²) in [5, 5.41) is 8.10. The molecule has 0 fully saturated rings. The summed E-state index contributed by atoms with van der Waals surface area (Å²) < 4.78 is 0. The summed E-state index contributed by atoms with van der Waals surface area (Å²) in [5.74, 6) is 0.157. The molecular formula is C13H19N5S. The van der Waals surface area contributed by atoms with E-state index >= 15 is 0 Å². The molecule has 0 aromatic heterocycles. The molecule has 6 heteroatoms. The molecular weight excluding hydrogens is 258 g/mol. The second-order valence-electron chi connectivity index (χ2n) is 4.16. The Morgan fingerprint density at radius 2 is 1.79 bits per heavy atom. The van der Waals surface area contributed by atoms with Gasteiger partial charge in [-0.1, -0.05) is 24.6 Å². The second kappa shape index (κ2) is 6.84. The van der Waals surface area contributed by atoms with Crippen LogP contribution >= 0.6 is 12.2 Å². The molecule has 0 aliphatic heterocycles. The molecule has 0 heterocycles. The fourth-order valence-corrected chi connectivity index (χ4v) is 1.52. The minimum atomic E-state index is 0.134. The van der Waals surface area contributed by atoms with Crippen LogP contribution in [-0.4, -0.2) is 16.8 Å². The van der Waals surface area contributed by atoms with Gasteiger partial charge in [0.15, 0.2) is 5.11 Å². The quantitative estimate of drug-likeness (QED) is 0.384. The Bertz CT molecular complexity index is 504. The number of hydrogen-bond acceptors (Lipinski definition) is 3. The van der Waals surface area contributed by atoms with Crippen LogP contribution in [0, 0.1) is 6.92 Å². The van der Waals surface area contributed by atoms with E-state index in [1.165, 1.54) is 4.90 Å². The van der Waals surface area contributed by atoms with Gasteiger partial charge < -0.3 is 11.5 Å². The highest BCUT2D eigenvalue weighted by Crippen LogP contribution is 2.14. The van der Waals surface area contributed by atoms with E-state index in [4.69, 9.17) is 23.7 Å². The van der Waals surface area contributed by atoms with E-state index in [1.54, 1.807) is 0 Å². The molecule has 1 aromatic rings. The molecule has 0 saturated heterocycles. The minimum Gasteiger partial charge on any atom is -0.376 e. The molecule has 1 rings (SSSR count). The first-order valence-electron chi connectivity index (χ1n) is 5.98. The van der Waals surface area contributed by atoms with E-state index in [0.717, 1.165) is 23.4 Å². The van der Waals surface area contributed by atoms with Crippen molar-refractivity contribution in [2.24, 2.45) is 21.7 Å². The summed E-state index contributed by atoms with van der Waals surface area (Å²) in [4.78, 5) is 1.49. The first kappa shape index (κ1) is 15.1. The van der Waals surface area contributed by atoms with Gasteiger partial charge in [-0.25, -0.2) is 0 Å². The maximum atomic E-state index is 5.89. The first-order chi connectivity index (χ1) is 8.95. The van der Waals surface area contributed by atoms with E-state index in [9.17, 15) is 0 Å². The highest BCUT2D eigenvalue weighted by atomic mass is 32.1. The lowest BCUT2D eigenvalue weighted by Crippen LogP contribution is -2.45. The SMILES string of the molecule is CC/C(C)=N/N=C(\N)N(C(N)=S)c1ccc(C)cc1. The lowest BCUT2D eigenvalue weighted by atomic mass is 10.2. The number of hydrogen-bond donors (Lipinski definition) is 2. The zero-order valence-electron chi connectivity index (χ0n) is 11.4. The Morgan fingerprint density at radius 3 is 2.26 bits per heavy atom. The minimum absolute atomic E-state index is 0.134. The van der Waals surface area contributed by atoms with Gasteiger partial charge in [-0.05, 0) is 44.6 Å².